The molecule has 2 aromatic rings. The van der Waals surface area contributed by atoms with Crippen LogP contribution in [0.25, 0.3) is 0 Å². The lowest BCUT2D eigenvalue weighted by atomic mass is 10.1. The van der Waals surface area contributed by atoms with Crippen molar-refractivity contribution < 1.29 is 14.3 Å². The Morgan fingerprint density at radius 2 is 1.90 bits per heavy atom. The van der Waals surface area contributed by atoms with E-state index >= 15 is 0 Å². The van der Waals surface area contributed by atoms with E-state index < -0.39 is 0 Å². The van der Waals surface area contributed by atoms with Crippen molar-refractivity contribution in [2.45, 2.75) is 6.92 Å². The fourth-order valence-electron chi connectivity index (χ4n) is 1.80. The summed E-state index contributed by atoms with van der Waals surface area (Å²) in [5.41, 5.74) is 1.69. The Hall–Kier alpha value is -1.81. The summed E-state index contributed by atoms with van der Waals surface area (Å²) in [5, 5.41) is 0. The number of Topliss-reactive ketones (excluding diaryl/α,β-unsaturated/α-hetero) is 1. The Balaban J connectivity index is 2.09. The summed E-state index contributed by atoms with van der Waals surface area (Å²) in [7, 11) is 1.58. The van der Waals surface area contributed by atoms with Gasteiger partial charge in [0.1, 0.15) is 0 Å². The van der Waals surface area contributed by atoms with Gasteiger partial charge in [0, 0.05) is 10.0 Å². The van der Waals surface area contributed by atoms with Crippen molar-refractivity contribution in [1.29, 1.82) is 0 Å². The second-order valence-electron chi connectivity index (χ2n) is 4.35. The van der Waals surface area contributed by atoms with Crippen LogP contribution in [-0.4, -0.2) is 19.5 Å². The molecule has 0 fully saturated rings. The van der Waals surface area contributed by atoms with Crippen LogP contribution in [-0.2, 0) is 0 Å². The molecule has 4 heteroatoms. The number of ketones is 1. The first-order chi connectivity index (χ1) is 9.61. The Labute approximate surface area is 126 Å². The summed E-state index contributed by atoms with van der Waals surface area (Å²) in [6.45, 7) is 1.95. The van der Waals surface area contributed by atoms with Crippen LogP contribution in [0.1, 0.15) is 15.9 Å². The van der Waals surface area contributed by atoms with Gasteiger partial charge in [-0.2, -0.15) is 0 Å². The second kappa shape index (κ2) is 6.57. The topological polar surface area (TPSA) is 35.5 Å². The maximum absolute atomic E-state index is 12.1. The van der Waals surface area contributed by atoms with Crippen LogP contribution < -0.4 is 9.47 Å². The normalized spacial score (nSPS) is 10.2. The smallest absolute Gasteiger partial charge is 0.201 e. The van der Waals surface area contributed by atoms with Crippen LogP contribution in [0.15, 0.2) is 46.9 Å². The monoisotopic (exact) mass is 334 g/mol. The molecule has 0 saturated carbocycles. The first-order valence-corrected chi connectivity index (χ1v) is 6.96. The molecule has 0 saturated heterocycles. The number of aryl methyl sites for hydroxylation is 1. The highest BCUT2D eigenvalue weighted by molar-refractivity contribution is 9.10. The first-order valence-electron chi connectivity index (χ1n) is 6.17. The molecule has 0 aliphatic carbocycles. The molecule has 0 bridgehead atoms. The van der Waals surface area contributed by atoms with E-state index in [2.05, 4.69) is 15.9 Å². The van der Waals surface area contributed by atoms with E-state index in [-0.39, 0.29) is 12.4 Å². The zero-order valence-electron chi connectivity index (χ0n) is 11.4. The molecule has 0 aromatic heterocycles. The number of rotatable bonds is 5. The Morgan fingerprint density at radius 3 is 2.60 bits per heavy atom. The number of hydrogen-bond acceptors (Lipinski definition) is 3. The average Bonchev–Trinajstić information content (AvgIpc) is 2.46. The minimum Gasteiger partial charge on any atom is -0.493 e. The molecule has 0 heterocycles. The predicted octanol–water partition coefficient (Wildman–Crippen LogP) is 4.03. The molecule has 104 valence electrons. The van der Waals surface area contributed by atoms with Gasteiger partial charge < -0.3 is 9.47 Å². The highest BCUT2D eigenvalue weighted by atomic mass is 79.9. The van der Waals surface area contributed by atoms with Gasteiger partial charge in [0.25, 0.3) is 0 Å². The van der Waals surface area contributed by atoms with E-state index in [1.165, 1.54) is 0 Å². The van der Waals surface area contributed by atoms with Gasteiger partial charge in [0.15, 0.2) is 18.1 Å². The molecule has 20 heavy (non-hydrogen) atoms. The minimum absolute atomic E-state index is 0.0258. The van der Waals surface area contributed by atoms with Gasteiger partial charge >= 0.3 is 0 Å². The van der Waals surface area contributed by atoms with Crippen molar-refractivity contribution in [3.63, 3.8) is 0 Å². The lowest BCUT2D eigenvalue weighted by molar-refractivity contribution is 0.0918. The molecule has 0 radical (unpaired) electrons. The quantitative estimate of drug-likeness (QED) is 0.774. The van der Waals surface area contributed by atoms with Crippen molar-refractivity contribution in [3.8, 4) is 11.5 Å². The zero-order valence-corrected chi connectivity index (χ0v) is 12.9. The molecule has 0 spiro atoms. The van der Waals surface area contributed by atoms with Gasteiger partial charge in [-0.15, -0.1) is 0 Å². The summed E-state index contributed by atoms with van der Waals surface area (Å²) in [5.74, 6) is 1.11. The molecular formula is C16H15BrO3. The van der Waals surface area contributed by atoms with E-state index in [1.54, 1.807) is 13.2 Å². The van der Waals surface area contributed by atoms with Crippen LogP contribution in [0, 0.1) is 6.92 Å². The first kappa shape index (κ1) is 14.6. The maximum atomic E-state index is 12.1. The molecule has 0 aliphatic heterocycles. The van der Waals surface area contributed by atoms with Gasteiger partial charge in [-0.3, -0.25) is 4.79 Å². The third-order valence-electron chi connectivity index (χ3n) is 2.85. The van der Waals surface area contributed by atoms with E-state index in [0.29, 0.717) is 17.1 Å². The van der Waals surface area contributed by atoms with Crippen LogP contribution in [0.4, 0.5) is 0 Å². The van der Waals surface area contributed by atoms with Crippen LogP contribution in [0.2, 0.25) is 0 Å². The summed E-state index contributed by atoms with van der Waals surface area (Å²) < 4.78 is 11.6. The number of ether oxygens (including phenoxy) is 2. The summed E-state index contributed by atoms with van der Waals surface area (Å²) in [4.78, 5) is 12.1. The molecule has 0 N–H and O–H groups in total. The molecule has 3 nitrogen and oxygen atoms in total. The molecule has 2 aromatic carbocycles. The standard InChI is InChI=1S/C16H15BrO3/c1-11-7-8-15(16(9-11)19-2)20-10-14(18)12-5-3-4-6-13(12)17/h3-9H,10H2,1-2H3. The molecule has 2 rings (SSSR count). The summed E-state index contributed by atoms with van der Waals surface area (Å²) in [6, 6.07) is 12.9. The Morgan fingerprint density at radius 1 is 1.15 bits per heavy atom. The second-order valence-corrected chi connectivity index (χ2v) is 5.20. The summed E-state index contributed by atoms with van der Waals surface area (Å²) >= 11 is 3.36. The average molecular weight is 335 g/mol. The largest absolute Gasteiger partial charge is 0.493 e. The molecule has 0 atom stereocenters. The lowest BCUT2D eigenvalue weighted by Crippen LogP contribution is -2.12. The fraction of sp³-hybridized carbons (Fsp3) is 0.188. The van der Waals surface area contributed by atoms with E-state index in [0.717, 1.165) is 10.0 Å². The van der Waals surface area contributed by atoms with Gasteiger partial charge in [0.05, 0.1) is 7.11 Å². The zero-order chi connectivity index (χ0) is 14.5. The van der Waals surface area contributed by atoms with Crippen molar-refractivity contribution >= 4 is 21.7 Å². The molecular weight excluding hydrogens is 320 g/mol. The number of carbonyl (C=O) groups is 1. The van der Waals surface area contributed by atoms with E-state index in [4.69, 9.17) is 9.47 Å². The van der Waals surface area contributed by atoms with Crippen molar-refractivity contribution in [2.75, 3.05) is 13.7 Å². The minimum atomic E-state index is -0.0832. The molecule has 0 unspecified atom stereocenters. The lowest BCUT2D eigenvalue weighted by Gasteiger charge is -2.11. The number of hydrogen-bond donors (Lipinski definition) is 0. The van der Waals surface area contributed by atoms with E-state index in [1.807, 2.05) is 43.3 Å². The van der Waals surface area contributed by atoms with Crippen molar-refractivity contribution in [3.05, 3.63) is 58.1 Å². The SMILES string of the molecule is COc1cc(C)ccc1OCC(=O)c1ccccc1Br. The fourth-order valence-corrected chi connectivity index (χ4v) is 2.31. The van der Waals surface area contributed by atoms with Crippen molar-refractivity contribution in [2.24, 2.45) is 0 Å². The van der Waals surface area contributed by atoms with Crippen LogP contribution >= 0.6 is 15.9 Å². The maximum Gasteiger partial charge on any atom is 0.201 e. The van der Waals surface area contributed by atoms with Gasteiger partial charge in [0.2, 0.25) is 5.78 Å². The van der Waals surface area contributed by atoms with E-state index in [9.17, 15) is 4.79 Å². The van der Waals surface area contributed by atoms with Crippen LogP contribution in [0.3, 0.4) is 0 Å². The Kier molecular flexibility index (Phi) is 4.79. The Bertz CT molecular complexity index is 623. The van der Waals surface area contributed by atoms with Crippen molar-refractivity contribution in [1.82, 2.24) is 0 Å². The highest BCUT2D eigenvalue weighted by Crippen LogP contribution is 2.28. The number of benzene rings is 2. The third-order valence-corrected chi connectivity index (χ3v) is 3.54. The van der Waals surface area contributed by atoms with Gasteiger partial charge in [-0.25, -0.2) is 0 Å². The van der Waals surface area contributed by atoms with Crippen LogP contribution in [0.5, 0.6) is 11.5 Å². The third kappa shape index (κ3) is 3.39. The molecule has 0 amide bonds. The summed E-state index contributed by atoms with van der Waals surface area (Å²) in [6.07, 6.45) is 0. The number of halogens is 1. The predicted molar refractivity (Wildman–Crippen MR) is 81.7 cm³/mol. The van der Waals surface area contributed by atoms with Gasteiger partial charge in [-0.1, -0.05) is 40.2 Å². The van der Waals surface area contributed by atoms with Gasteiger partial charge in [-0.05, 0) is 30.7 Å². The number of methoxy groups -OCH3 is 1. The highest BCUT2D eigenvalue weighted by Gasteiger charge is 2.12. The number of carbonyl (C=O) groups excluding carboxylic acids is 1. The molecule has 0 aliphatic rings.